The molecule has 124 valence electrons. The van der Waals surface area contributed by atoms with Gasteiger partial charge in [0, 0.05) is 15.6 Å². The first-order valence-electron chi connectivity index (χ1n) is 6.64. The lowest BCUT2D eigenvalue weighted by atomic mass is 9.93. The molecule has 2 rings (SSSR count). The molecular weight excluding hydrogens is 396 g/mol. The minimum Gasteiger partial charge on any atom is -0.426 e. The Balaban J connectivity index is 2.88. The van der Waals surface area contributed by atoms with E-state index in [1.807, 2.05) is 0 Å². The van der Waals surface area contributed by atoms with Crippen molar-refractivity contribution in [3.8, 4) is 16.9 Å². The topological polar surface area (TPSA) is 46.5 Å². The molecule has 2 aromatic rings. The van der Waals surface area contributed by atoms with Crippen LogP contribution in [0.1, 0.15) is 18.1 Å². The first-order valence-corrected chi connectivity index (χ1v) is 8.70. The van der Waals surface area contributed by atoms with E-state index in [0.29, 0.717) is 4.47 Å². The average molecular weight is 409 g/mol. The molecule has 0 aliphatic heterocycles. The molecule has 0 fully saturated rings. The second-order valence-electron chi connectivity index (χ2n) is 4.67. The molecule has 2 aromatic carbocycles. The molecular formula is C15H13BrF3O3P. The van der Waals surface area contributed by atoms with E-state index in [1.54, 1.807) is 25.1 Å². The van der Waals surface area contributed by atoms with Crippen molar-refractivity contribution in [2.75, 3.05) is 0 Å². The van der Waals surface area contributed by atoms with Crippen LogP contribution in [0.25, 0.3) is 11.1 Å². The van der Waals surface area contributed by atoms with Crippen LogP contribution in [0.2, 0.25) is 0 Å². The van der Waals surface area contributed by atoms with Crippen molar-refractivity contribution in [2.45, 2.75) is 19.5 Å². The standard InChI is InChI=1S/C15H13BrF3O3P/c1-2-9-7-8-12(22-23(20)21)13(14(9)15(17,18)19)10-5-3-4-6-11(10)16/h3-8,23H,2H2,1H3,(H,20,21). The highest BCUT2D eigenvalue weighted by Crippen LogP contribution is 2.47. The normalized spacial score (nSPS) is 13.0. The number of hydrogen-bond donors (Lipinski definition) is 1. The van der Waals surface area contributed by atoms with E-state index in [2.05, 4.69) is 15.9 Å². The number of halogens is 4. The van der Waals surface area contributed by atoms with Gasteiger partial charge in [-0.05, 0) is 24.1 Å². The van der Waals surface area contributed by atoms with Gasteiger partial charge < -0.3 is 9.42 Å². The quantitative estimate of drug-likeness (QED) is 0.683. The molecule has 0 aliphatic carbocycles. The maximum absolute atomic E-state index is 13.6. The molecule has 0 saturated carbocycles. The van der Waals surface area contributed by atoms with Crippen molar-refractivity contribution < 1.29 is 27.2 Å². The molecule has 0 heterocycles. The van der Waals surface area contributed by atoms with E-state index in [-0.39, 0.29) is 28.9 Å². The van der Waals surface area contributed by atoms with Crippen molar-refractivity contribution >= 4 is 24.2 Å². The third-order valence-corrected chi connectivity index (χ3v) is 4.34. The summed E-state index contributed by atoms with van der Waals surface area (Å²) in [5, 5.41) is 0. The summed E-state index contributed by atoms with van der Waals surface area (Å²) in [6, 6.07) is 8.91. The van der Waals surface area contributed by atoms with E-state index in [4.69, 9.17) is 9.42 Å². The molecule has 1 atom stereocenters. The van der Waals surface area contributed by atoms with Gasteiger partial charge in [-0.1, -0.05) is 47.1 Å². The van der Waals surface area contributed by atoms with Crippen LogP contribution < -0.4 is 4.52 Å². The van der Waals surface area contributed by atoms with Crippen LogP contribution in [-0.2, 0) is 17.2 Å². The Morgan fingerprint density at radius 3 is 2.39 bits per heavy atom. The van der Waals surface area contributed by atoms with E-state index in [9.17, 15) is 17.7 Å². The lowest BCUT2D eigenvalue weighted by Crippen LogP contribution is -2.12. The van der Waals surface area contributed by atoms with E-state index in [1.165, 1.54) is 18.2 Å². The molecule has 1 unspecified atom stereocenters. The molecule has 0 amide bonds. The van der Waals surface area contributed by atoms with Crippen molar-refractivity contribution in [3.63, 3.8) is 0 Å². The van der Waals surface area contributed by atoms with Crippen LogP contribution in [0.4, 0.5) is 13.2 Å². The summed E-state index contributed by atoms with van der Waals surface area (Å²) in [6.45, 7) is 1.61. The maximum atomic E-state index is 13.6. The number of aryl methyl sites for hydroxylation is 1. The molecule has 0 spiro atoms. The summed E-state index contributed by atoms with van der Waals surface area (Å²) < 4.78 is 57.1. The minimum absolute atomic E-state index is 0.0909. The zero-order valence-corrected chi connectivity index (χ0v) is 14.5. The zero-order valence-electron chi connectivity index (χ0n) is 11.9. The van der Waals surface area contributed by atoms with Crippen molar-refractivity contribution in [3.05, 3.63) is 52.0 Å². The van der Waals surface area contributed by atoms with E-state index >= 15 is 0 Å². The Hall–Kier alpha value is -1.30. The Kier molecular flexibility index (Phi) is 5.55. The van der Waals surface area contributed by atoms with Gasteiger partial charge in [-0.25, -0.2) is 4.57 Å². The van der Waals surface area contributed by atoms with E-state index < -0.39 is 20.0 Å². The Morgan fingerprint density at radius 1 is 1.22 bits per heavy atom. The number of hydrogen-bond acceptors (Lipinski definition) is 2. The molecule has 1 N–H and O–H groups in total. The first-order chi connectivity index (χ1) is 10.8. The van der Waals surface area contributed by atoms with Crippen molar-refractivity contribution in [1.82, 2.24) is 0 Å². The molecule has 0 aliphatic rings. The highest BCUT2D eigenvalue weighted by molar-refractivity contribution is 9.10. The zero-order chi connectivity index (χ0) is 17.2. The van der Waals surface area contributed by atoms with Gasteiger partial charge in [0.2, 0.25) is 0 Å². The van der Waals surface area contributed by atoms with Gasteiger partial charge in [-0.15, -0.1) is 0 Å². The van der Waals surface area contributed by atoms with Crippen molar-refractivity contribution in [1.29, 1.82) is 0 Å². The van der Waals surface area contributed by atoms with Gasteiger partial charge in [-0.2, -0.15) is 13.2 Å². The van der Waals surface area contributed by atoms with Gasteiger partial charge >= 0.3 is 14.4 Å². The van der Waals surface area contributed by atoms with Gasteiger partial charge in [0.25, 0.3) is 0 Å². The molecule has 23 heavy (non-hydrogen) atoms. The van der Waals surface area contributed by atoms with Crippen LogP contribution in [0.5, 0.6) is 5.75 Å². The predicted molar refractivity (Wildman–Crippen MR) is 85.8 cm³/mol. The summed E-state index contributed by atoms with van der Waals surface area (Å²) in [5.41, 5.74) is -0.758. The number of alkyl halides is 3. The highest BCUT2D eigenvalue weighted by atomic mass is 79.9. The summed E-state index contributed by atoms with van der Waals surface area (Å²) in [5.74, 6) is -0.271. The highest BCUT2D eigenvalue weighted by Gasteiger charge is 2.38. The van der Waals surface area contributed by atoms with Gasteiger partial charge in [0.1, 0.15) is 5.75 Å². The molecule has 0 saturated heterocycles. The average Bonchev–Trinajstić information content (AvgIpc) is 2.46. The fraction of sp³-hybridized carbons (Fsp3) is 0.200. The Bertz CT molecular complexity index is 747. The molecule has 3 nitrogen and oxygen atoms in total. The summed E-state index contributed by atoms with van der Waals surface area (Å²) in [6.07, 6.45) is -4.46. The Morgan fingerprint density at radius 2 is 1.87 bits per heavy atom. The van der Waals surface area contributed by atoms with Gasteiger partial charge in [0.15, 0.2) is 0 Å². The number of rotatable bonds is 4. The third-order valence-electron chi connectivity index (χ3n) is 3.26. The summed E-state index contributed by atoms with van der Waals surface area (Å²) >= 11 is 3.23. The van der Waals surface area contributed by atoms with Crippen molar-refractivity contribution in [2.24, 2.45) is 0 Å². The smallest absolute Gasteiger partial charge is 0.417 e. The Labute approximate surface area is 140 Å². The second-order valence-corrected chi connectivity index (χ2v) is 6.26. The molecule has 8 heteroatoms. The molecule has 0 bridgehead atoms. The third kappa shape index (κ3) is 3.97. The first kappa shape index (κ1) is 18.0. The van der Waals surface area contributed by atoms with Crippen LogP contribution in [0.3, 0.4) is 0 Å². The summed E-state index contributed by atoms with van der Waals surface area (Å²) in [4.78, 5) is 9.00. The largest absolute Gasteiger partial charge is 0.426 e. The maximum Gasteiger partial charge on any atom is 0.417 e. The van der Waals surface area contributed by atoms with E-state index in [0.717, 1.165) is 0 Å². The SMILES string of the molecule is CCc1ccc(O[PH](=O)O)c(-c2ccccc2Br)c1C(F)(F)F. The molecule has 0 radical (unpaired) electrons. The van der Waals surface area contributed by atoms with Crippen LogP contribution >= 0.6 is 24.2 Å². The van der Waals surface area contributed by atoms with Gasteiger partial charge in [0.05, 0.1) is 5.56 Å². The fourth-order valence-corrected chi connectivity index (χ4v) is 3.20. The second kappa shape index (κ2) is 7.07. The van der Waals surface area contributed by atoms with Crippen LogP contribution in [0.15, 0.2) is 40.9 Å². The van der Waals surface area contributed by atoms with Crippen LogP contribution in [-0.4, -0.2) is 4.89 Å². The molecule has 0 aromatic heterocycles. The number of benzene rings is 2. The van der Waals surface area contributed by atoms with Gasteiger partial charge in [-0.3, -0.25) is 0 Å². The lowest BCUT2D eigenvalue weighted by Gasteiger charge is -2.20. The lowest BCUT2D eigenvalue weighted by molar-refractivity contribution is -0.137. The monoisotopic (exact) mass is 408 g/mol. The van der Waals surface area contributed by atoms with Crippen LogP contribution in [0, 0.1) is 0 Å². The minimum atomic E-state index is -4.62. The summed E-state index contributed by atoms with van der Waals surface area (Å²) in [7, 11) is -3.44. The predicted octanol–water partition coefficient (Wildman–Crippen LogP) is 5.46. The fourth-order valence-electron chi connectivity index (χ4n) is 2.36.